The molecule has 0 bridgehead atoms. The fraction of sp³-hybridized carbons (Fsp3) is 0.167. The van der Waals surface area contributed by atoms with Gasteiger partial charge in [0.05, 0.1) is 16.8 Å². The summed E-state index contributed by atoms with van der Waals surface area (Å²) in [6.45, 7) is 1.78. The van der Waals surface area contributed by atoms with Gasteiger partial charge >= 0.3 is 0 Å². The SMILES string of the molecule is Cc1cc(Cl)c(C(=O)Nc2c(C#N)cnn2C)cn1. The first-order chi connectivity index (χ1) is 9.02. The zero-order valence-corrected chi connectivity index (χ0v) is 11.1. The molecule has 2 rings (SSSR count). The summed E-state index contributed by atoms with van der Waals surface area (Å²) in [5.41, 5.74) is 1.25. The Balaban J connectivity index is 2.31. The molecule has 0 spiro atoms. The molecule has 1 amide bonds. The van der Waals surface area contributed by atoms with Crippen LogP contribution in [0.1, 0.15) is 21.6 Å². The molecule has 0 unspecified atom stereocenters. The van der Waals surface area contributed by atoms with Crippen molar-refractivity contribution in [2.45, 2.75) is 6.92 Å². The van der Waals surface area contributed by atoms with Crippen molar-refractivity contribution in [2.24, 2.45) is 7.05 Å². The highest BCUT2D eigenvalue weighted by Crippen LogP contribution is 2.19. The summed E-state index contributed by atoms with van der Waals surface area (Å²) in [4.78, 5) is 16.1. The minimum Gasteiger partial charge on any atom is -0.306 e. The summed E-state index contributed by atoms with van der Waals surface area (Å²) in [6.07, 6.45) is 2.78. The molecule has 6 nitrogen and oxygen atoms in total. The van der Waals surface area contributed by atoms with Crippen LogP contribution in [0.5, 0.6) is 0 Å². The average molecular weight is 276 g/mol. The molecule has 0 radical (unpaired) electrons. The summed E-state index contributed by atoms with van der Waals surface area (Å²) in [5.74, 6) is -0.109. The Kier molecular flexibility index (Phi) is 3.49. The van der Waals surface area contributed by atoms with Crippen molar-refractivity contribution in [1.82, 2.24) is 14.8 Å². The van der Waals surface area contributed by atoms with E-state index in [2.05, 4.69) is 15.4 Å². The highest BCUT2D eigenvalue weighted by Gasteiger charge is 2.15. The maximum Gasteiger partial charge on any atom is 0.259 e. The summed E-state index contributed by atoms with van der Waals surface area (Å²) >= 11 is 5.99. The van der Waals surface area contributed by atoms with Gasteiger partial charge in [0.15, 0.2) is 0 Å². The number of nitriles is 1. The molecule has 2 aromatic rings. The molecule has 0 aliphatic carbocycles. The Labute approximate surface area is 114 Å². The summed E-state index contributed by atoms with van der Waals surface area (Å²) in [5, 5.41) is 15.7. The Hall–Kier alpha value is -2.39. The molecule has 0 saturated heterocycles. The normalized spacial score (nSPS) is 10.0. The molecular weight excluding hydrogens is 266 g/mol. The number of aryl methyl sites for hydroxylation is 2. The van der Waals surface area contributed by atoms with Gasteiger partial charge in [-0.25, -0.2) is 0 Å². The van der Waals surface area contributed by atoms with Crippen LogP contribution in [-0.4, -0.2) is 20.7 Å². The van der Waals surface area contributed by atoms with Crippen LogP contribution in [0.2, 0.25) is 5.02 Å². The molecule has 0 aliphatic heterocycles. The van der Waals surface area contributed by atoms with E-state index in [0.29, 0.717) is 10.8 Å². The van der Waals surface area contributed by atoms with Gasteiger partial charge < -0.3 is 5.32 Å². The standard InChI is InChI=1S/C12H10ClN5O/c1-7-3-10(13)9(6-15-7)12(19)17-11-8(4-14)5-16-18(11)2/h3,5-6H,1-2H3,(H,17,19). The second kappa shape index (κ2) is 5.08. The number of carbonyl (C=O) groups excluding carboxylic acids is 1. The molecule has 0 saturated carbocycles. The number of halogens is 1. The van der Waals surface area contributed by atoms with Crippen LogP contribution >= 0.6 is 11.6 Å². The lowest BCUT2D eigenvalue weighted by molar-refractivity contribution is 0.102. The lowest BCUT2D eigenvalue weighted by atomic mass is 10.2. The maximum atomic E-state index is 12.1. The van der Waals surface area contributed by atoms with E-state index in [4.69, 9.17) is 16.9 Å². The van der Waals surface area contributed by atoms with Crippen molar-refractivity contribution in [2.75, 3.05) is 5.32 Å². The number of pyridine rings is 1. The summed E-state index contributed by atoms with van der Waals surface area (Å²) in [7, 11) is 1.63. The quantitative estimate of drug-likeness (QED) is 0.907. The first-order valence-corrected chi connectivity index (χ1v) is 5.76. The molecule has 2 aromatic heterocycles. The second-order valence-electron chi connectivity index (χ2n) is 3.90. The zero-order valence-electron chi connectivity index (χ0n) is 10.3. The first-order valence-electron chi connectivity index (χ1n) is 5.38. The highest BCUT2D eigenvalue weighted by molar-refractivity contribution is 6.34. The third-order valence-electron chi connectivity index (χ3n) is 2.53. The van der Waals surface area contributed by atoms with Gasteiger partial charge in [0.2, 0.25) is 0 Å². The minimum absolute atomic E-state index is 0.248. The van der Waals surface area contributed by atoms with Crippen molar-refractivity contribution in [3.63, 3.8) is 0 Å². The maximum absolute atomic E-state index is 12.1. The lowest BCUT2D eigenvalue weighted by Crippen LogP contribution is -2.16. The van der Waals surface area contributed by atoms with E-state index in [1.807, 2.05) is 6.07 Å². The van der Waals surface area contributed by atoms with Crippen LogP contribution in [0, 0.1) is 18.3 Å². The van der Waals surface area contributed by atoms with Crippen LogP contribution in [0.3, 0.4) is 0 Å². The predicted molar refractivity (Wildman–Crippen MR) is 69.9 cm³/mol. The van der Waals surface area contributed by atoms with Gasteiger partial charge in [0.25, 0.3) is 5.91 Å². The monoisotopic (exact) mass is 275 g/mol. The minimum atomic E-state index is -0.433. The fourth-order valence-corrected chi connectivity index (χ4v) is 1.83. The largest absolute Gasteiger partial charge is 0.306 e. The Morgan fingerprint density at radius 2 is 2.26 bits per heavy atom. The Morgan fingerprint density at radius 3 is 2.89 bits per heavy atom. The molecule has 0 aliphatic rings. The van der Waals surface area contributed by atoms with Crippen molar-refractivity contribution >= 4 is 23.3 Å². The predicted octanol–water partition coefficient (Wildman–Crippen LogP) is 1.90. The number of rotatable bonds is 2. The van der Waals surface area contributed by atoms with Gasteiger partial charge in [-0.15, -0.1) is 0 Å². The number of aromatic nitrogens is 3. The van der Waals surface area contributed by atoms with E-state index >= 15 is 0 Å². The molecular formula is C12H10ClN5O. The van der Waals surface area contributed by atoms with Gasteiger partial charge in [0.1, 0.15) is 17.5 Å². The van der Waals surface area contributed by atoms with Crippen molar-refractivity contribution < 1.29 is 4.79 Å². The fourth-order valence-electron chi connectivity index (χ4n) is 1.54. The van der Waals surface area contributed by atoms with E-state index in [1.165, 1.54) is 17.1 Å². The van der Waals surface area contributed by atoms with E-state index in [-0.39, 0.29) is 11.1 Å². The van der Waals surface area contributed by atoms with Gasteiger partial charge in [-0.05, 0) is 13.0 Å². The zero-order chi connectivity index (χ0) is 14.0. The Morgan fingerprint density at radius 1 is 1.53 bits per heavy atom. The number of carbonyl (C=O) groups is 1. The molecule has 0 atom stereocenters. The molecule has 0 aromatic carbocycles. The van der Waals surface area contributed by atoms with Crippen molar-refractivity contribution in [3.05, 3.63) is 40.3 Å². The lowest BCUT2D eigenvalue weighted by Gasteiger charge is -2.07. The van der Waals surface area contributed by atoms with E-state index in [1.54, 1.807) is 20.0 Å². The third-order valence-corrected chi connectivity index (χ3v) is 2.84. The molecule has 2 heterocycles. The number of amides is 1. The molecule has 96 valence electrons. The number of nitrogens with zero attached hydrogens (tertiary/aromatic N) is 4. The third kappa shape index (κ3) is 2.56. The molecule has 7 heteroatoms. The van der Waals surface area contributed by atoms with E-state index in [9.17, 15) is 4.79 Å². The van der Waals surface area contributed by atoms with Gasteiger partial charge in [-0.2, -0.15) is 10.4 Å². The van der Waals surface area contributed by atoms with Gasteiger partial charge in [-0.3, -0.25) is 14.5 Å². The van der Waals surface area contributed by atoms with Crippen molar-refractivity contribution in [3.8, 4) is 6.07 Å². The smallest absolute Gasteiger partial charge is 0.259 e. The van der Waals surface area contributed by atoms with E-state index < -0.39 is 5.91 Å². The summed E-state index contributed by atoms with van der Waals surface area (Å²) in [6, 6.07) is 3.55. The second-order valence-corrected chi connectivity index (χ2v) is 4.31. The average Bonchev–Trinajstić information content (AvgIpc) is 2.70. The topological polar surface area (TPSA) is 83.6 Å². The van der Waals surface area contributed by atoms with Crippen LogP contribution in [-0.2, 0) is 7.05 Å². The van der Waals surface area contributed by atoms with Crippen molar-refractivity contribution in [1.29, 1.82) is 5.26 Å². The number of anilines is 1. The van der Waals surface area contributed by atoms with Crippen LogP contribution in [0.25, 0.3) is 0 Å². The summed E-state index contributed by atoms with van der Waals surface area (Å²) < 4.78 is 1.41. The molecule has 1 N–H and O–H groups in total. The van der Waals surface area contributed by atoms with E-state index in [0.717, 1.165) is 5.69 Å². The number of hydrogen-bond donors (Lipinski definition) is 1. The first kappa shape index (κ1) is 13.1. The van der Waals surface area contributed by atoms with Crippen LogP contribution in [0.4, 0.5) is 5.82 Å². The van der Waals surface area contributed by atoms with Crippen LogP contribution < -0.4 is 5.32 Å². The van der Waals surface area contributed by atoms with Gasteiger partial charge in [-0.1, -0.05) is 11.6 Å². The molecule has 0 fully saturated rings. The number of hydrogen-bond acceptors (Lipinski definition) is 4. The number of nitrogens with one attached hydrogen (secondary N) is 1. The Bertz CT molecular complexity index is 686. The van der Waals surface area contributed by atoms with Gasteiger partial charge in [0, 0.05) is 18.9 Å². The highest BCUT2D eigenvalue weighted by atomic mass is 35.5. The van der Waals surface area contributed by atoms with Crippen LogP contribution in [0.15, 0.2) is 18.5 Å². The molecule has 19 heavy (non-hydrogen) atoms.